The van der Waals surface area contributed by atoms with Crippen LogP contribution in [0.4, 0.5) is 8.78 Å². The highest BCUT2D eigenvalue weighted by Gasteiger charge is 2.56. The van der Waals surface area contributed by atoms with Crippen molar-refractivity contribution in [2.45, 2.75) is 61.9 Å². The van der Waals surface area contributed by atoms with E-state index in [1.807, 2.05) is 0 Å². The summed E-state index contributed by atoms with van der Waals surface area (Å²) in [6.45, 7) is -0.309. The van der Waals surface area contributed by atoms with Crippen LogP contribution in [-0.2, 0) is 29.2 Å². The number of hydrogen-bond donors (Lipinski definition) is 2. The molecule has 4 rings (SSSR count). The van der Waals surface area contributed by atoms with Crippen LogP contribution in [0.25, 0.3) is 0 Å². The number of aliphatic hydroxyl groups is 1. The number of alkyl halides is 2. The third-order valence-corrected chi connectivity index (χ3v) is 6.59. The molecule has 0 heterocycles. The Morgan fingerprint density at radius 1 is 1.07 bits per heavy atom. The second-order valence-electron chi connectivity index (χ2n) is 8.33. The summed E-state index contributed by atoms with van der Waals surface area (Å²) in [5.74, 6) is -2.33. The van der Waals surface area contributed by atoms with Gasteiger partial charge in [0, 0.05) is 0 Å². The molecule has 0 radical (unpaired) electrons. The molecule has 1 atom stereocenters. The van der Waals surface area contributed by atoms with E-state index in [0.717, 1.165) is 26.2 Å². The molecule has 0 spiro atoms. The van der Waals surface area contributed by atoms with Crippen LogP contribution in [0.5, 0.6) is 0 Å². The van der Waals surface area contributed by atoms with Gasteiger partial charge in [0.25, 0.3) is 0 Å². The molecule has 27 heavy (non-hydrogen) atoms. The minimum Gasteiger partial charge on any atom is -0.457 e. The van der Waals surface area contributed by atoms with Crippen molar-refractivity contribution in [1.82, 2.24) is 0 Å². The maximum atomic E-state index is 13.2. The van der Waals surface area contributed by atoms with Crippen molar-refractivity contribution in [3.05, 3.63) is 0 Å². The van der Waals surface area contributed by atoms with Gasteiger partial charge < -0.3 is 14.6 Å². The third-order valence-electron chi connectivity index (χ3n) is 5.78. The maximum absolute atomic E-state index is 13.2. The first-order valence-corrected chi connectivity index (χ1v) is 10.2. The Morgan fingerprint density at radius 3 is 1.93 bits per heavy atom. The van der Waals surface area contributed by atoms with E-state index < -0.39 is 45.1 Å². The highest BCUT2D eigenvalue weighted by Crippen LogP contribution is 2.57. The summed E-state index contributed by atoms with van der Waals surface area (Å²) in [6, 6.07) is 0. The van der Waals surface area contributed by atoms with E-state index in [1.165, 1.54) is 0 Å². The van der Waals surface area contributed by atoms with Gasteiger partial charge in [0.1, 0.15) is 12.2 Å². The van der Waals surface area contributed by atoms with Gasteiger partial charge in [0.15, 0.2) is 5.60 Å². The van der Waals surface area contributed by atoms with Gasteiger partial charge >= 0.3 is 27.3 Å². The van der Waals surface area contributed by atoms with Gasteiger partial charge in [-0.05, 0) is 63.2 Å². The molecule has 154 valence electrons. The Balaban J connectivity index is 1.62. The van der Waals surface area contributed by atoms with Crippen LogP contribution in [0.3, 0.4) is 0 Å². The number of carbonyl (C=O) groups is 2. The van der Waals surface area contributed by atoms with E-state index in [9.17, 15) is 31.9 Å². The zero-order valence-electron chi connectivity index (χ0n) is 14.7. The van der Waals surface area contributed by atoms with Crippen molar-refractivity contribution in [1.29, 1.82) is 0 Å². The standard InChI is InChI=1S/C16H22F2O8S/c1-14(21,8-25-13(20)16(17,18)27(22,23)24)12(19)26-15-5-9-2-10(6-15)4-11(3-9)7-15/h9-11,21H,2-8H2,1H3,(H,22,23,24). The fourth-order valence-electron chi connectivity index (χ4n) is 4.92. The summed E-state index contributed by atoms with van der Waals surface area (Å²) in [5, 5.41) is 4.99. The van der Waals surface area contributed by atoms with Crippen LogP contribution in [0, 0.1) is 17.8 Å². The molecule has 0 aromatic carbocycles. The zero-order valence-corrected chi connectivity index (χ0v) is 15.5. The minimum atomic E-state index is -6.03. The second kappa shape index (κ2) is 6.35. The summed E-state index contributed by atoms with van der Waals surface area (Å²) < 4.78 is 65.4. The first-order chi connectivity index (χ1) is 12.2. The van der Waals surface area contributed by atoms with Crippen molar-refractivity contribution in [3.63, 3.8) is 0 Å². The number of carbonyl (C=O) groups excluding carboxylic acids is 2. The molecule has 11 heteroatoms. The Labute approximate surface area is 154 Å². The summed E-state index contributed by atoms with van der Waals surface area (Å²) in [4.78, 5) is 23.6. The Morgan fingerprint density at radius 2 is 1.52 bits per heavy atom. The largest absolute Gasteiger partial charge is 0.465 e. The number of hydrogen-bond acceptors (Lipinski definition) is 7. The molecular formula is C16H22F2O8S. The number of rotatable bonds is 6. The molecule has 4 bridgehead atoms. The van der Waals surface area contributed by atoms with Crippen molar-refractivity contribution in [3.8, 4) is 0 Å². The molecular weight excluding hydrogens is 390 g/mol. The molecule has 4 fully saturated rings. The number of ether oxygens (including phenoxy) is 2. The van der Waals surface area contributed by atoms with E-state index >= 15 is 0 Å². The second-order valence-corrected chi connectivity index (χ2v) is 9.79. The topological polar surface area (TPSA) is 127 Å². The summed E-state index contributed by atoms with van der Waals surface area (Å²) in [6.07, 6.45) is 5.32. The predicted molar refractivity (Wildman–Crippen MR) is 85.1 cm³/mol. The van der Waals surface area contributed by atoms with Crippen molar-refractivity contribution >= 4 is 22.1 Å². The van der Waals surface area contributed by atoms with Gasteiger partial charge in [0.05, 0.1) is 0 Å². The van der Waals surface area contributed by atoms with E-state index in [4.69, 9.17) is 9.29 Å². The van der Waals surface area contributed by atoms with Gasteiger partial charge in [-0.25, -0.2) is 9.59 Å². The molecule has 1 unspecified atom stereocenters. The maximum Gasteiger partial charge on any atom is 0.465 e. The number of halogens is 2. The molecule has 0 aliphatic heterocycles. The van der Waals surface area contributed by atoms with E-state index in [-0.39, 0.29) is 0 Å². The minimum absolute atomic E-state index is 0.459. The Hall–Kier alpha value is -1.33. The SMILES string of the molecule is CC(O)(COC(=O)C(F)(F)S(=O)(=O)O)C(=O)OC12CC3CC(CC(C3)C1)C2. The fraction of sp³-hybridized carbons (Fsp3) is 0.875. The lowest BCUT2D eigenvalue weighted by Gasteiger charge is -2.56. The smallest absolute Gasteiger partial charge is 0.457 e. The molecule has 0 aromatic rings. The molecule has 2 N–H and O–H groups in total. The highest BCUT2D eigenvalue weighted by molar-refractivity contribution is 7.87. The van der Waals surface area contributed by atoms with E-state index in [1.54, 1.807) is 0 Å². The third kappa shape index (κ3) is 3.81. The van der Waals surface area contributed by atoms with E-state index in [2.05, 4.69) is 4.74 Å². The molecule has 0 saturated heterocycles. The van der Waals surface area contributed by atoms with Crippen LogP contribution < -0.4 is 0 Å². The van der Waals surface area contributed by atoms with Crippen LogP contribution in [0.1, 0.15) is 45.4 Å². The highest BCUT2D eigenvalue weighted by atomic mass is 32.2. The summed E-state index contributed by atoms with van der Waals surface area (Å²) >= 11 is 0. The lowest BCUT2D eigenvalue weighted by atomic mass is 9.54. The molecule has 4 aliphatic rings. The molecule has 8 nitrogen and oxygen atoms in total. The van der Waals surface area contributed by atoms with Gasteiger partial charge in [-0.3, -0.25) is 4.55 Å². The average molecular weight is 412 g/mol. The number of esters is 2. The van der Waals surface area contributed by atoms with Crippen LogP contribution >= 0.6 is 0 Å². The Kier molecular flexibility index (Phi) is 4.80. The molecule has 4 saturated carbocycles. The predicted octanol–water partition coefficient (Wildman–Crippen LogP) is 1.27. The van der Waals surface area contributed by atoms with E-state index in [0.29, 0.717) is 37.0 Å². The van der Waals surface area contributed by atoms with Gasteiger partial charge in [-0.2, -0.15) is 17.2 Å². The van der Waals surface area contributed by atoms with Crippen LogP contribution in [-0.4, -0.2) is 53.1 Å². The summed E-state index contributed by atoms with van der Waals surface area (Å²) in [7, 11) is -6.03. The first kappa shape index (κ1) is 20.4. The lowest BCUT2D eigenvalue weighted by molar-refractivity contribution is -0.208. The summed E-state index contributed by atoms with van der Waals surface area (Å²) in [5.41, 5.74) is -3.13. The van der Waals surface area contributed by atoms with Gasteiger partial charge in [-0.15, -0.1) is 0 Å². The van der Waals surface area contributed by atoms with Crippen LogP contribution in [0.2, 0.25) is 0 Å². The van der Waals surface area contributed by atoms with Crippen molar-refractivity contribution < 1.29 is 45.9 Å². The van der Waals surface area contributed by atoms with Crippen molar-refractivity contribution in [2.75, 3.05) is 6.61 Å². The average Bonchev–Trinajstić information content (AvgIpc) is 2.49. The Bertz CT molecular complexity index is 710. The normalized spacial score (nSPS) is 34.8. The molecule has 0 amide bonds. The van der Waals surface area contributed by atoms with Crippen LogP contribution in [0.15, 0.2) is 0 Å². The first-order valence-electron chi connectivity index (χ1n) is 8.72. The fourth-order valence-corrected chi connectivity index (χ4v) is 5.19. The molecule has 4 aliphatic carbocycles. The van der Waals surface area contributed by atoms with Gasteiger partial charge in [-0.1, -0.05) is 0 Å². The quantitative estimate of drug-likeness (QED) is 0.493. The van der Waals surface area contributed by atoms with Crippen molar-refractivity contribution in [2.24, 2.45) is 17.8 Å². The molecule has 0 aromatic heterocycles. The monoisotopic (exact) mass is 412 g/mol. The lowest BCUT2D eigenvalue weighted by Crippen LogP contribution is -2.56. The zero-order chi connectivity index (χ0) is 20.3. The van der Waals surface area contributed by atoms with Gasteiger partial charge in [0.2, 0.25) is 0 Å².